The van der Waals surface area contributed by atoms with Crippen LogP contribution in [-0.4, -0.2) is 28.9 Å². The van der Waals surface area contributed by atoms with Crippen LogP contribution in [0.1, 0.15) is 35.4 Å². The average Bonchev–Trinajstić information content (AvgIpc) is 2.38. The number of carbonyl (C=O) groups is 1. The van der Waals surface area contributed by atoms with Crippen molar-refractivity contribution in [3.63, 3.8) is 0 Å². The van der Waals surface area contributed by atoms with Crippen molar-refractivity contribution < 1.29 is 19.7 Å². The van der Waals surface area contributed by atoms with Gasteiger partial charge in [-0.3, -0.25) is 0 Å². The van der Waals surface area contributed by atoms with E-state index in [1.807, 2.05) is 0 Å². The Morgan fingerprint density at radius 1 is 1.39 bits per heavy atom. The Labute approximate surface area is 105 Å². The third-order valence-corrected chi connectivity index (χ3v) is 2.43. The van der Waals surface area contributed by atoms with Gasteiger partial charge in [0.25, 0.3) is 0 Å². The minimum atomic E-state index is -1.14. The van der Waals surface area contributed by atoms with E-state index in [9.17, 15) is 15.0 Å². The van der Waals surface area contributed by atoms with Crippen LogP contribution < -0.4 is 0 Å². The van der Waals surface area contributed by atoms with Gasteiger partial charge >= 0.3 is 5.97 Å². The molecule has 0 aliphatic heterocycles. The van der Waals surface area contributed by atoms with Crippen molar-refractivity contribution in [2.24, 2.45) is 0 Å². The fourth-order valence-corrected chi connectivity index (χ4v) is 1.46. The Morgan fingerprint density at radius 3 is 2.50 bits per heavy atom. The SMILES string of the molecule is CCOC(=O)c1ccc(C(O)C(O)CC#N)cc1. The van der Waals surface area contributed by atoms with Gasteiger partial charge < -0.3 is 14.9 Å². The summed E-state index contributed by atoms with van der Waals surface area (Å²) in [5, 5.41) is 27.6. The molecule has 96 valence electrons. The minimum Gasteiger partial charge on any atom is -0.462 e. The molecule has 1 aromatic carbocycles. The molecule has 0 heterocycles. The molecule has 0 saturated carbocycles. The number of hydrogen-bond donors (Lipinski definition) is 2. The molecule has 0 fully saturated rings. The Bertz CT molecular complexity index is 435. The average molecular weight is 249 g/mol. The fourth-order valence-electron chi connectivity index (χ4n) is 1.46. The van der Waals surface area contributed by atoms with E-state index in [-0.39, 0.29) is 6.42 Å². The van der Waals surface area contributed by atoms with E-state index in [4.69, 9.17) is 10.00 Å². The number of aliphatic hydroxyl groups excluding tert-OH is 2. The highest BCUT2D eigenvalue weighted by atomic mass is 16.5. The summed E-state index contributed by atoms with van der Waals surface area (Å²) in [6, 6.07) is 7.85. The highest BCUT2D eigenvalue weighted by molar-refractivity contribution is 5.89. The summed E-state index contributed by atoms with van der Waals surface area (Å²) in [5.41, 5.74) is 0.827. The molecule has 2 unspecified atom stereocenters. The number of rotatable bonds is 5. The van der Waals surface area contributed by atoms with Crippen molar-refractivity contribution in [1.82, 2.24) is 0 Å². The topological polar surface area (TPSA) is 90.6 Å². The first-order valence-electron chi connectivity index (χ1n) is 5.60. The summed E-state index contributed by atoms with van der Waals surface area (Å²) >= 11 is 0. The molecule has 18 heavy (non-hydrogen) atoms. The van der Waals surface area contributed by atoms with Crippen LogP contribution in [0.15, 0.2) is 24.3 Å². The van der Waals surface area contributed by atoms with E-state index >= 15 is 0 Å². The fraction of sp³-hybridized carbons (Fsp3) is 0.385. The molecule has 0 bridgehead atoms. The maximum Gasteiger partial charge on any atom is 0.338 e. The molecular formula is C13H15NO4. The van der Waals surface area contributed by atoms with Gasteiger partial charge in [-0.15, -0.1) is 0 Å². The van der Waals surface area contributed by atoms with Crippen LogP contribution >= 0.6 is 0 Å². The molecular weight excluding hydrogens is 234 g/mol. The first kappa shape index (κ1) is 14.2. The Balaban J connectivity index is 2.76. The molecule has 2 N–H and O–H groups in total. The summed E-state index contributed by atoms with van der Waals surface area (Å²) in [6.07, 6.45) is -2.43. The van der Waals surface area contributed by atoms with Crippen LogP contribution in [0.2, 0.25) is 0 Å². The maximum atomic E-state index is 11.4. The number of nitriles is 1. The zero-order chi connectivity index (χ0) is 13.5. The Kier molecular flexibility index (Phi) is 5.31. The van der Waals surface area contributed by atoms with E-state index in [1.54, 1.807) is 13.0 Å². The molecule has 0 saturated heterocycles. The highest BCUT2D eigenvalue weighted by Crippen LogP contribution is 2.19. The Hall–Kier alpha value is -1.90. The normalized spacial score (nSPS) is 13.4. The largest absolute Gasteiger partial charge is 0.462 e. The van der Waals surface area contributed by atoms with E-state index < -0.39 is 18.2 Å². The lowest BCUT2D eigenvalue weighted by atomic mass is 10.0. The standard InChI is InChI=1S/C13H15NO4/c1-2-18-13(17)10-5-3-9(4-6-10)12(16)11(15)7-8-14/h3-6,11-12,15-16H,2,7H2,1H3. The quantitative estimate of drug-likeness (QED) is 0.764. The lowest BCUT2D eigenvalue weighted by Gasteiger charge is -2.15. The number of esters is 1. The molecule has 1 aromatic rings. The summed E-state index contributed by atoms with van der Waals surface area (Å²) in [4.78, 5) is 11.4. The van der Waals surface area contributed by atoms with E-state index in [2.05, 4.69) is 0 Å². The van der Waals surface area contributed by atoms with Crippen molar-refractivity contribution in [1.29, 1.82) is 5.26 Å². The predicted octanol–water partition coefficient (Wildman–Crippen LogP) is 1.17. The Morgan fingerprint density at radius 2 is 2.00 bits per heavy atom. The van der Waals surface area contributed by atoms with E-state index in [1.165, 1.54) is 24.3 Å². The number of benzene rings is 1. The monoisotopic (exact) mass is 249 g/mol. The molecule has 2 atom stereocenters. The molecule has 5 heteroatoms. The summed E-state index contributed by atoms with van der Waals surface area (Å²) in [5.74, 6) is -0.434. The van der Waals surface area contributed by atoms with Gasteiger partial charge in [0.15, 0.2) is 0 Å². The van der Waals surface area contributed by atoms with Gasteiger partial charge in [-0.1, -0.05) is 12.1 Å². The van der Waals surface area contributed by atoms with Crippen LogP contribution in [0.25, 0.3) is 0 Å². The summed E-state index contributed by atoms with van der Waals surface area (Å²) in [6.45, 7) is 2.01. The molecule has 0 aliphatic carbocycles. The van der Waals surface area contributed by atoms with Crippen LogP contribution in [0.3, 0.4) is 0 Å². The number of carbonyl (C=O) groups excluding carboxylic acids is 1. The molecule has 0 spiro atoms. The lowest BCUT2D eigenvalue weighted by molar-refractivity contribution is 0.0216. The summed E-state index contributed by atoms with van der Waals surface area (Å²) in [7, 11) is 0. The van der Waals surface area contributed by atoms with Gasteiger partial charge in [-0.25, -0.2) is 4.79 Å². The van der Waals surface area contributed by atoms with Crippen molar-refractivity contribution in [2.45, 2.75) is 25.6 Å². The maximum absolute atomic E-state index is 11.4. The second-order valence-electron chi connectivity index (χ2n) is 3.72. The zero-order valence-corrected chi connectivity index (χ0v) is 10.0. The third-order valence-electron chi connectivity index (χ3n) is 2.43. The molecule has 0 radical (unpaired) electrons. The van der Waals surface area contributed by atoms with Gasteiger partial charge in [0.2, 0.25) is 0 Å². The second-order valence-corrected chi connectivity index (χ2v) is 3.72. The van der Waals surface area contributed by atoms with Gasteiger partial charge in [-0.2, -0.15) is 5.26 Å². The number of nitrogens with zero attached hydrogens (tertiary/aromatic N) is 1. The highest BCUT2D eigenvalue weighted by Gasteiger charge is 2.18. The number of hydrogen-bond acceptors (Lipinski definition) is 5. The summed E-state index contributed by atoms with van der Waals surface area (Å²) < 4.78 is 4.82. The van der Waals surface area contributed by atoms with Gasteiger partial charge in [-0.05, 0) is 24.6 Å². The number of ether oxygens (including phenoxy) is 1. The van der Waals surface area contributed by atoms with Crippen molar-refractivity contribution in [2.75, 3.05) is 6.61 Å². The van der Waals surface area contributed by atoms with Gasteiger partial charge in [0, 0.05) is 0 Å². The first-order valence-corrected chi connectivity index (χ1v) is 5.60. The van der Waals surface area contributed by atoms with Gasteiger partial charge in [0.1, 0.15) is 6.10 Å². The van der Waals surface area contributed by atoms with Crippen LogP contribution in [0.4, 0.5) is 0 Å². The van der Waals surface area contributed by atoms with Gasteiger partial charge in [0.05, 0.1) is 30.8 Å². The molecule has 5 nitrogen and oxygen atoms in total. The zero-order valence-electron chi connectivity index (χ0n) is 10.0. The van der Waals surface area contributed by atoms with Crippen molar-refractivity contribution in [3.8, 4) is 6.07 Å². The smallest absolute Gasteiger partial charge is 0.338 e. The molecule has 1 rings (SSSR count). The van der Waals surface area contributed by atoms with E-state index in [0.717, 1.165) is 0 Å². The van der Waals surface area contributed by atoms with Crippen LogP contribution in [0, 0.1) is 11.3 Å². The minimum absolute atomic E-state index is 0.152. The number of aliphatic hydroxyl groups is 2. The van der Waals surface area contributed by atoms with Crippen LogP contribution in [0.5, 0.6) is 0 Å². The third kappa shape index (κ3) is 3.55. The molecule has 0 aliphatic rings. The molecule has 0 aromatic heterocycles. The van der Waals surface area contributed by atoms with Crippen molar-refractivity contribution >= 4 is 5.97 Å². The first-order chi connectivity index (χ1) is 8.60. The molecule has 0 amide bonds. The second kappa shape index (κ2) is 6.74. The van der Waals surface area contributed by atoms with Crippen LogP contribution in [-0.2, 0) is 4.74 Å². The van der Waals surface area contributed by atoms with E-state index in [0.29, 0.717) is 17.7 Å². The predicted molar refractivity (Wildman–Crippen MR) is 63.6 cm³/mol. The lowest BCUT2D eigenvalue weighted by Crippen LogP contribution is -2.17. The van der Waals surface area contributed by atoms with Crippen molar-refractivity contribution in [3.05, 3.63) is 35.4 Å².